The number of benzene rings is 2. The molecule has 5 fully saturated rings. The first-order valence-corrected chi connectivity index (χ1v) is 16.6. The molecule has 9 nitrogen and oxygen atoms in total. The van der Waals surface area contributed by atoms with Crippen LogP contribution in [0, 0.1) is 17.8 Å². The van der Waals surface area contributed by atoms with E-state index in [4.69, 9.17) is 4.74 Å². The molecular weight excluding hydrogens is 554 g/mol. The number of esters is 1. The van der Waals surface area contributed by atoms with Gasteiger partial charge < -0.3 is 25.0 Å². The van der Waals surface area contributed by atoms with Gasteiger partial charge in [0.15, 0.2) is 0 Å². The number of hydrogen-bond acceptors (Lipinski definition) is 7. The molecule has 44 heavy (non-hydrogen) atoms. The number of fused-ring (bicyclic) bond motifs is 1. The van der Waals surface area contributed by atoms with E-state index in [1.165, 1.54) is 5.69 Å². The van der Waals surface area contributed by atoms with Crippen LogP contribution in [0.5, 0.6) is 0 Å². The monoisotopic (exact) mass is 601 g/mol. The summed E-state index contributed by atoms with van der Waals surface area (Å²) >= 11 is 0. The number of urea groups is 1. The van der Waals surface area contributed by atoms with E-state index in [9.17, 15) is 14.7 Å². The summed E-state index contributed by atoms with van der Waals surface area (Å²) < 4.78 is 5.31. The Hall–Kier alpha value is -3.30. The van der Waals surface area contributed by atoms with E-state index in [1.54, 1.807) is 0 Å². The van der Waals surface area contributed by atoms with Crippen molar-refractivity contribution in [3.05, 3.63) is 48.5 Å². The van der Waals surface area contributed by atoms with Gasteiger partial charge in [0.2, 0.25) is 0 Å². The zero-order chi connectivity index (χ0) is 30.6. The molecule has 2 aromatic carbocycles. The maximum Gasteiger partial charge on any atom is 0.325 e. The van der Waals surface area contributed by atoms with Gasteiger partial charge in [-0.15, -0.1) is 0 Å². The summed E-state index contributed by atoms with van der Waals surface area (Å²) in [5.41, 5.74) is 3.13. The van der Waals surface area contributed by atoms with E-state index in [2.05, 4.69) is 50.3 Å². The van der Waals surface area contributed by atoms with E-state index in [1.807, 2.05) is 43.9 Å². The molecule has 3 unspecified atom stereocenters. The highest BCUT2D eigenvalue weighted by molar-refractivity contribution is 5.98. The maximum atomic E-state index is 13.7. The normalized spacial score (nSPS) is 29.9. The lowest BCUT2D eigenvalue weighted by Crippen LogP contribution is -2.63. The number of anilines is 4. The van der Waals surface area contributed by atoms with Crippen molar-refractivity contribution in [2.45, 2.75) is 70.1 Å². The lowest BCUT2D eigenvalue weighted by atomic mass is 9.52. The highest BCUT2D eigenvalue weighted by atomic mass is 16.5. The van der Waals surface area contributed by atoms with Crippen LogP contribution in [-0.4, -0.2) is 85.1 Å². The number of nitrogens with zero attached hydrogens (tertiary/aromatic N) is 4. The first-order chi connectivity index (χ1) is 21.1. The van der Waals surface area contributed by atoms with Gasteiger partial charge in [-0.1, -0.05) is 12.1 Å². The fourth-order valence-corrected chi connectivity index (χ4v) is 9.08. The molecule has 6 aliphatic rings. The number of carbonyl (C=O) groups excluding carboxylic acids is 2. The summed E-state index contributed by atoms with van der Waals surface area (Å²) in [6, 6.07) is 17.1. The van der Waals surface area contributed by atoms with Crippen LogP contribution >= 0.6 is 0 Å². The van der Waals surface area contributed by atoms with Crippen molar-refractivity contribution in [2.75, 3.05) is 60.6 Å². The Labute approximate surface area is 261 Å². The third-order valence-electron chi connectivity index (χ3n) is 11.2. The number of carbonyl (C=O) groups is 2. The number of rotatable bonds is 6. The first kappa shape index (κ1) is 29.4. The molecule has 9 heteroatoms. The third kappa shape index (κ3) is 5.21. The predicted octanol–water partition coefficient (Wildman–Crippen LogP) is 4.76. The van der Waals surface area contributed by atoms with Crippen molar-refractivity contribution in [3.63, 3.8) is 0 Å². The lowest BCUT2D eigenvalue weighted by molar-refractivity contribution is -0.156. The Morgan fingerprint density at radius 3 is 2.16 bits per heavy atom. The van der Waals surface area contributed by atoms with Crippen molar-refractivity contribution >= 4 is 34.7 Å². The first-order valence-electron chi connectivity index (χ1n) is 16.6. The van der Waals surface area contributed by atoms with Crippen molar-refractivity contribution in [2.24, 2.45) is 17.8 Å². The van der Waals surface area contributed by atoms with Gasteiger partial charge in [0, 0.05) is 56.7 Å². The summed E-state index contributed by atoms with van der Waals surface area (Å²) in [5.74, 6) is 1.23. The molecule has 4 aliphatic carbocycles. The number of piperazine rings is 1. The number of ether oxygens (including phenoxy) is 1. The number of para-hydroxylation sites is 2. The average Bonchev–Trinajstić information content (AvgIpc) is 3.01. The molecule has 4 saturated carbocycles. The number of amides is 2. The summed E-state index contributed by atoms with van der Waals surface area (Å²) in [6.07, 6.45) is 4.86. The molecule has 0 aromatic heterocycles. The summed E-state index contributed by atoms with van der Waals surface area (Å²) in [4.78, 5) is 35.0. The Bertz CT molecular complexity index is 1370. The molecule has 8 rings (SSSR count). The van der Waals surface area contributed by atoms with Gasteiger partial charge in [0.25, 0.3) is 0 Å². The smallest absolute Gasteiger partial charge is 0.325 e. The fourth-order valence-electron chi connectivity index (χ4n) is 9.08. The molecule has 2 heterocycles. The summed E-state index contributed by atoms with van der Waals surface area (Å²) in [5, 5.41) is 14.4. The Morgan fingerprint density at radius 2 is 1.52 bits per heavy atom. The zero-order valence-electron chi connectivity index (χ0n) is 26.4. The van der Waals surface area contributed by atoms with Crippen molar-refractivity contribution in [3.8, 4) is 0 Å². The van der Waals surface area contributed by atoms with Crippen LogP contribution in [0.15, 0.2) is 48.5 Å². The van der Waals surface area contributed by atoms with Gasteiger partial charge >= 0.3 is 12.0 Å². The van der Waals surface area contributed by atoms with Crippen LogP contribution in [0.2, 0.25) is 0 Å². The molecule has 2 N–H and O–H groups in total. The number of hydrogen-bond donors (Lipinski definition) is 2. The topological polar surface area (TPSA) is 88.6 Å². The Kier molecular flexibility index (Phi) is 7.52. The molecule has 2 amide bonds. The second-order valence-corrected chi connectivity index (χ2v) is 14.2. The van der Waals surface area contributed by atoms with E-state index in [0.717, 1.165) is 75.3 Å². The molecule has 236 valence electrons. The molecule has 5 atom stereocenters. The van der Waals surface area contributed by atoms with Crippen molar-refractivity contribution in [1.82, 2.24) is 10.2 Å². The van der Waals surface area contributed by atoms with E-state index < -0.39 is 11.1 Å². The highest BCUT2D eigenvalue weighted by Gasteiger charge is 2.55. The quantitative estimate of drug-likeness (QED) is 0.462. The maximum absolute atomic E-state index is 13.7. The lowest BCUT2D eigenvalue weighted by Gasteiger charge is -2.58. The molecule has 0 radical (unpaired) electrons. The Morgan fingerprint density at radius 1 is 0.886 bits per heavy atom. The van der Waals surface area contributed by atoms with E-state index in [0.29, 0.717) is 37.5 Å². The molecule has 2 aromatic rings. The number of nitrogens with one attached hydrogen (secondary N) is 1. The van der Waals surface area contributed by atoms with Gasteiger partial charge in [-0.25, -0.2) is 4.79 Å². The highest BCUT2D eigenvalue weighted by Crippen LogP contribution is 2.55. The standard InChI is InChI=1S/C35H47N5O4/c1-4-44-32(41)34(2,3)38-15-13-37(14-16-38)27-9-11-28(12-10-27)39-17-18-40(30-8-6-5-7-29(30)39)33(42)36-31-25-19-24-20-26(31)23-35(43,21-24)22-25/h5-12,24-26,31,43H,4,13-23H2,1-3H3,(H,36,42)/t24?,25-,26+,31?,35?. The SMILES string of the molecule is CCOC(=O)C(C)(C)N1CCN(c2ccc(N3CCN(C(=O)NC4[C@@H]5CC6C[C@H]4CC(O)(C6)C5)c4ccccc43)cc2)CC1. The van der Waals surface area contributed by atoms with E-state index >= 15 is 0 Å². The minimum atomic E-state index is -0.629. The average molecular weight is 602 g/mol. The van der Waals surface area contributed by atoms with Crippen LogP contribution in [0.3, 0.4) is 0 Å². The van der Waals surface area contributed by atoms with Crippen LogP contribution < -0.4 is 20.0 Å². The zero-order valence-corrected chi connectivity index (χ0v) is 26.4. The van der Waals surface area contributed by atoms with Crippen LogP contribution in [-0.2, 0) is 9.53 Å². The second kappa shape index (κ2) is 11.2. The summed E-state index contributed by atoms with van der Waals surface area (Å²) in [6.45, 7) is 10.8. The van der Waals surface area contributed by atoms with Crippen LogP contribution in [0.25, 0.3) is 0 Å². The fraction of sp³-hybridized carbons (Fsp3) is 0.600. The van der Waals surface area contributed by atoms with Gasteiger partial charge in [0.1, 0.15) is 5.54 Å². The minimum absolute atomic E-state index is 0.0119. The largest absolute Gasteiger partial charge is 0.465 e. The van der Waals surface area contributed by atoms with Gasteiger partial charge in [-0.05, 0) is 107 Å². The molecule has 4 bridgehead atoms. The molecular formula is C35H47N5O4. The van der Waals surface area contributed by atoms with E-state index in [-0.39, 0.29) is 18.0 Å². The number of aliphatic hydroxyl groups is 1. The van der Waals surface area contributed by atoms with Crippen LogP contribution in [0.1, 0.15) is 52.9 Å². The minimum Gasteiger partial charge on any atom is -0.465 e. The van der Waals surface area contributed by atoms with Crippen molar-refractivity contribution < 1.29 is 19.4 Å². The molecule has 2 aliphatic heterocycles. The third-order valence-corrected chi connectivity index (χ3v) is 11.2. The van der Waals surface area contributed by atoms with Crippen molar-refractivity contribution in [1.29, 1.82) is 0 Å². The molecule has 1 saturated heterocycles. The molecule has 0 spiro atoms. The van der Waals surface area contributed by atoms with Gasteiger partial charge in [-0.3, -0.25) is 14.6 Å². The van der Waals surface area contributed by atoms with Gasteiger partial charge in [0.05, 0.1) is 23.6 Å². The second-order valence-electron chi connectivity index (χ2n) is 14.2. The predicted molar refractivity (Wildman–Crippen MR) is 173 cm³/mol. The van der Waals surface area contributed by atoms with Gasteiger partial charge in [-0.2, -0.15) is 0 Å². The summed E-state index contributed by atoms with van der Waals surface area (Å²) in [7, 11) is 0. The Balaban J connectivity index is 1.01. The van der Waals surface area contributed by atoms with Crippen LogP contribution in [0.4, 0.5) is 27.5 Å².